The maximum Gasteiger partial charge on any atom is 0.0469 e. The van der Waals surface area contributed by atoms with Crippen LogP contribution < -0.4 is 5.32 Å². The van der Waals surface area contributed by atoms with Crippen LogP contribution in [0.25, 0.3) is 0 Å². The van der Waals surface area contributed by atoms with E-state index in [4.69, 9.17) is 4.74 Å². The molecule has 2 heteroatoms. The zero-order valence-corrected chi connectivity index (χ0v) is 11.9. The number of hydrogen-bond donors (Lipinski definition) is 1. The fraction of sp³-hybridized carbons (Fsp3) is 1.00. The molecule has 2 aliphatic carbocycles. The lowest BCUT2D eigenvalue weighted by atomic mass is 9.81. The molecule has 18 heavy (non-hydrogen) atoms. The highest BCUT2D eigenvalue weighted by Gasteiger charge is 2.35. The molecule has 0 radical (unpaired) electrons. The summed E-state index contributed by atoms with van der Waals surface area (Å²) < 4.78 is 5.47. The van der Waals surface area contributed by atoms with Crippen LogP contribution in [0.5, 0.6) is 0 Å². The van der Waals surface area contributed by atoms with E-state index < -0.39 is 0 Å². The summed E-state index contributed by atoms with van der Waals surface area (Å²) in [5.74, 6) is 3.01. The SMILES string of the molecule is CC(NC1CCCC(C2CC2)C1)C1CCOCC1. The zero-order chi connectivity index (χ0) is 12.4. The predicted molar refractivity (Wildman–Crippen MR) is 74.6 cm³/mol. The molecule has 3 aliphatic rings. The first-order valence-electron chi connectivity index (χ1n) is 8.16. The van der Waals surface area contributed by atoms with E-state index in [-0.39, 0.29) is 0 Å². The molecule has 0 amide bonds. The summed E-state index contributed by atoms with van der Waals surface area (Å²) in [7, 11) is 0. The number of rotatable bonds is 4. The van der Waals surface area contributed by atoms with Gasteiger partial charge in [-0.3, -0.25) is 0 Å². The molecule has 3 unspecified atom stereocenters. The molecule has 3 rings (SSSR count). The maximum absolute atomic E-state index is 5.47. The van der Waals surface area contributed by atoms with Gasteiger partial charge in [-0.2, -0.15) is 0 Å². The molecule has 0 aromatic carbocycles. The summed E-state index contributed by atoms with van der Waals surface area (Å²) in [6.07, 6.45) is 11.4. The van der Waals surface area contributed by atoms with Crippen LogP contribution >= 0.6 is 0 Å². The molecule has 1 aliphatic heterocycles. The van der Waals surface area contributed by atoms with Crippen LogP contribution in [0.15, 0.2) is 0 Å². The summed E-state index contributed by atoms with van der Waals surface area (Å²) in [6.45, 7) is 4.36. The average Bonchev–Trinajstić information content (AvgIpc) is 3.24. The van der Waals surface area contributed by atoms with Crippen molar-refractivity contribution in [1.29, 1.82) is 0 Å². The fourth-order valence-electron chi connectivity index (χ4n) is 4.10. The summed E-state index contributed by atoms with van der Waals surface area (Å²) in [4.78, 5) is 0. The normalized spacial score (nSPS) is 36.5. The second kappa shape index (κ2) is 5.92. The summed E-state index contributed by atoms with van der Waals surface area (Å²) >= 11 is 0. The van der Waals surface area contributed by atoms with Crippen LogP contribution in [-0.2, 0) is 4.74 Å². The fourth-order valence-corrected chi connectivity index (χ4v) is 4.10. The van der Waals surface area contributed by atoms with Crippen LogP contribution in [0.2, 0.25) is 0 Å². The van der Waals surface area contributed by atoms with Gasteiger partial charge in [0, 0.05) is 25.3 Å². The molecule has 1 N–H and O–H groups in total. The Hall–Kier alpha value is -0.0800. The molecule has 2 nitrogen and oxygen atoms in total. The van der Waals surface area contributed by atoms with Crippen molar-refractivity contribution in [2.75, 3.05) is 13.2 Å². The van der Waals surface area contributed by atoms with Crippen LogP contribution in [-0.4, -0.2) is 25.3 Å². The van der Waals surface area contributed by atoms with Crippen molar-refractivity contribution < 1.29 is 4.74 Å². The van der Waals surface area contributed by atoms with E-state index in [0.717, 1.165) is 37.0 Å². The van der Waals surface area contributed by atoms with Gasteiger partial charge in [-0.05, 0) is 63.2 Å². The van der Waals surface area contributed by atoms with E-state index in [1.807, 2.05) is 0 Å². The Kier molecular flexibility index (Phi) is 4.25. The second-order valence-corrected chi connectivity index (χ2v) is 6.87. The monoisotopic (exact) mass is 251 g/mol. The van der Waals surface area contributed by atoms with E-state index in [1.54, 1.807) is 0 Å². The van der Waals surface area contributed by atoms with Gasteiger partial charge in [-0.1, -0.05) is 12.8 Å². The zero-order valence-electron chi connectivity index (χ0n) is 11.9. The largest absolute Gasteiger partial charge is 0.381 e. The number of nitrogens with one attached hydrogen (secondary N) is 1. The Balaban J connectivity index is 1.45. The first-order valence-corrected chi connectivity index (χ1v) is 8.16. The lowest BCUT2D eigenvalue weighted by Gasteiger charge is -2.35. The highest BCUT2D eigenvalue weighted by molar-refractivity contribution is 4.89. The maximum atomic E-state index is 5.47. The number of ether oxygens (including phenoxy) is 1. The van der Waals surface area contributed by atoms with Crippen LogP contribution in [0.3, 0.4) is 0 Å². The summed E-state index contributed by atoms with van der Waals surface area (Å²) in [5, 5.41) is 3.95. The van der Waals surface area contributed by atoms with Crippen molar-refractivity contribution in [2.24, 2.45) is 17.8 Å². The van der Waals surface area contributed by atoms with Crippen molar-refractivity contribution in [3.63, 3.8) is 0 Å². The van der Waals surface area contributed by atoms with E-state index in [1.165, 1.54) is 51.4 Å². The van der Waals surface area contributed by atoms with Gasteiger partial charge in [0.15, 0.2) is 0 Å². The minimum absolute atomic E-state index is 0.692. The third-order valence-corrected chi connectivity index (χ3v) is 5.48. The van der Waals surface area contributed by atoms with Crippen molar-refractivity contribution in [3.8, 4) is 0 Å². The van der Waals surface area contributed by atoms with Gasteiger partial charge in [-0.15, -0.1) is 0 Å². The molecule has 0 spiro atoms. The first kappa shape index (κ1) is 12.9. The first-order chi connectivity index (χ1) is 8.83. The molecular weight excluding hydrogens is 222 g/mol. The molecule has 1 saturated heterocycles. The van der Waals surface area contributed by atoms with Gasteiger partial charge in [0.2, 0.25) is 0 Å². The molecule has 104 valence electrons. The predicted octanol–water partition coefficient (Wildman–Crippen LogP) is 3.36. The van der Waals surface area contributed by atoms with Gasteiger partial charge in [0.25, 0.3) is 0 Å². The van der Waals surface area contributed by atoms with Gasteiger partial charge in [-0.25, -0.2) is 0 Å². The van der Waals surface area contributed by atoms with Crippen LogP contribution in [0.4, 0.5) is 0 Å². The molecule has 0 aromatic rings. The van der Waals surface area contributed by atoms with Gasteiger partial charge < -0.3 is 10.1 Å². The quantitative estimate of drug-likeness (QED) is 0.827. The van der Waals surface area contributed by atoms with Crippen molar-refractivity contribution in [2.45, 2.75) is 70.4 Å². The molecular formula is C16H29NO. The molecule has 0 bridgehead atoms. The summed E-state index contributed by atoms with van der Waals surface area (Å²) in [6, 6.07) is 1.50. The average molecular weight is 251 g/mol. The highest BCUT2D eigenvalue weighted by Crippen LogP contribution is 2.44. The molecule has 0 aromatic heterocycles. The Morgan fingerprint density at radius 2 is 1.72 bits per heavy atom. The Morgan fingerprint density at radius 1 is 0.944 bits per heavy atom. The highest BCUT2D eigenvalue weighted by atomic mass is 16.5. The van der Waals surface area contributed by atoms with E-state index in [0.29, 0.717) is 6.04 Å². The standard InChI is InChI=1S/C16H29NO/c1-12(13-7-9-18-10-8-13)17-16-4-2-3-15(11-16)14-5-6-14/h12-17H,2-11H2,1H3. The minimum atomic E-state index is 0.692. The molecule has 2 saturated carbocycles. The smallest absolute Gasteiger partial charge is 0.0469 e. The Morgan fingerprint density at radius 3 is 2.44 bits per heavy atom. The van der Waals surface area contributed by atoms with E-state index in [2.05, 4.69) is 12.2 Å². The molecule has 3 fully saturated rings. The second-order valence-electron chi connectivity index (χ2n) is 6.87. The number of hydrogen-bond acceptors (Lipinski definition) is 2. The topological polar surface area (TPSA) is 21.3 Å². The molecule has 3 atom stereocenters. The van der Waals surface area contributed by atoms with Crippen molar-refractivity contribution in [3.05, 3.63) is 0 Å². The van der Waals surface area contributed by atoms with E-state index >= 15 is 0 Å². The van der Waals surface area contributed by atoms with Gasteiger partial charge in [0.1, 0.15) is 0 Å². The van der Waals surface area contributed by atoms with E-state index in [9.17, 15) is 0 Å². The lowest BCUT2D eigenvalue weighted by Crippen LogP contribution is -2.44. The third-order valence-electron chi connectivity index (χ3n) is 5.48. The molecule has 1 heterocycles. The Bertz CT molecular complexity index is 258. The minimum Gasteiger partial charge on any atom is -0.381 e. The van der Waals surface area contributed by atoms with Crippen molar-refractivity contribution >= 4 is 0 Å². The van der Waals surface area contributed by atoms with Crippen molar-refractivity contribution in [1.82, 2.24) is 5.32 Å². The van der Waals surface area contributed by atoms with Crippen LogP contribution in [0, 0.1) is 17.8 Å². The van der Waals surface area contributed by atoms with Crippen LogP contribution in [0.1, 0.15) is 58.3 Å². The van der Waals surface area contributed by atoms with Gasteiger partial charge in [0.05, 0.1) is 0 Å². The third kappa shape index (κ3) is 3.27. The lowest BCUT2D eigenvalue weighted by molar-refractivity contribution is 0.0528. The Labute approximate surface area is 112 Å². The van der Waals surface area contributed by atoms with Gasteiger partial charge >= 0.3 is 0 Å². The summed E-state index contributed by atoms with van der Waals surface area (Å²) in [5.41, 5.74) is 0.